The Kier molecular flexibility index (Phi) is 5.38. The van der Waals surface area contributed by atoms with E-state index in [4.69, 9.17) is 4.74 Å². The molecule has 0 N–H and O–H groups in total. The van der Waals surface area contributed by atoms with Crippen molar-refractivity contribution in [3.05, 3.63) is 40.3 Å². The van der Waals surface area contributed by atoms with Gasteiger partial charge in [0.2, 0.25) is 5.91 Å². The van der Waals surface area contributed by atoms with Gasteiger partial charge in [-0.05, 0) is 24.4 Å². The summed E-state index contributed by atoms with van der Waals surface area (Å²) in [7, 11) is 0. The van der Waals surface area contributed by atoms with E-state index in [0.717, 1.165) is 49.9 Å². The maximum absolute atomic E-state index is 12.8. The van der Waals surface area contributed by atoms with Gasteiger partial charge in [0.15, 0.2) is 0 Å². The number of carbonyl (C=O) groups is 1. The summed E-state index contributed by atoms with van der Waals surface area (Å²) in [6, 6.07) is 6.39. The highest BCUT2D eigenvalue weighted by atomic mass is 32.1. The van der Waals surface area contributed by atoms with Crippen molar-refractivity contribution in [3.8, 4) is 0 Å². The molecule has 0 unspecified atom stereocenters. The van der Waals surface area contributed by atoms with Crippen LogP contribution in [0.4, 0.5) is 0 Å². The first-order valence-electron chi connectivity index (χ1n) is 9.35. The number of rotatable bonds is 5. The van der Waals surface area contributed by atoms with Gasteiger partial charge in [-0.15, -0.1) is 11.3 Å². The van der Waals surface area contributed by atoms with Crippen LogP contribution in [-0.2, 0) is 29.0 Å². The molecule has 26 heavy (non-hydrogen) atoms. The molecular formula is C19H26N4O2S. The van der Waals surface area contributed by atoms with Crippen LogP contribution in [0.5, 0.6) is 0 Å². The van der Waals surface area contributed by atoms with Crippen molar-refractivity contribution in [3.63, 3.8) is 0 Å². The molecule has 0 spiro atoms. The summed E-state index contributed by atoms with van der Waals surface area (Å²) in [5.41, 5.74) is 1.09. The molecule has 7 heteroatoms. The number of hydrogen-bond donors (Lipinski definition) is 0. The predicted molar refractivity (Wildman–Crippen MR) is 101 cm³/mol. The zero-order chi connectivity index (χ0) is 17.9. The summed E-state index contributed by atoms with van der Waals surface area (Å²) in [4.78, 5) is 18.5. The highest BCUT2D eigenvalue weighted by Gasteiger charge is 2.35. The molecule has 6 nitrogen and oxygen atoms in total. The first-order valence-corrected chi connectivity index (χ1v) is 10.2. The molecule has 2 fully saturated rings. The van der Waals surface area contributed by atoms with Gasteiger partial charge < -0.3 is 9.64 Å². The van der Waals surface area contributed by atoms with Crippen LogP contribution in [0.2, 0.25) is 0 Å². The Morgan fingerprint density at radius 1 is 1.31 bits per heavy atom. The van der Waals surface area contributed by atoms with E-state index in [2.05, 4.69) is 27.9 Å². The first kappa shape index (κ1) is 17.7. The van der Waals surface area contributed by atoms with Gasteiger partial charge in [0.1, 0.15) is 0 Å². The summed E-state index contributed by atoms with van der Waals surface area (Å²) < 4.78 is 7.85. The molecule has 2 saturated heterocycles. The summed E-state index contributed by atoms with van der Waals surface area (Å²) in [6.07, 6.45) is 2.55. The van der Waals surface area contributed by atoms with E-state index in [9.17, 15) is 4.79 Å². The standard InChI is InChI=1S/C19H26N4O2S/c1-2-23-6-5-16(20-23)11-21-9-15-10-22(12-17(21)14-25-13-15)19(24)8-18-4-3-7-26-18/h3-7,15,17H,2,8-14H2,1H3/t15-,17+/m1/s1. The number of amides is 1. The van der Waals surface area contributed by atoms with Crippen LogP contribution >= 0.6 is 11.3 Å². The Morgan fingerprint density at radius 2 is 2.23 bits per heavy atom. The van der Waals surface area contributed by atoms with Crippen LogP contribution in [0.3, 0.4) is 0 Å². The Labute approximate surface area is 158 Å². The van der Waals surface area contributed by atoms with Crippen molar-refractivity contribution in [1.29, 1.82) is 0 Å². The minimum Gasteiger partial charge on any atom is -0.379 e. The lowest BCUT2D eigenvalue weighted by atomic mass is 10.1. The van der Waals surface area contributed by atoms with Crippen molar-refractivity contribution in [2.24, 2.45) is 5.92 Å². The largest absolute Gasteiger partial charge is 0.379 e. The topological polar surface area (TPSA) is 50.6 Å². The highest BCUT2D eigenvalue weighted by Crippen LogP contribution is 2.22. The van der Waals surface area contributed by atoms with Gasteiger partial charge in [0.25, 0.3) is 0 Å². The Balaban J connectivity index is 1.45. The number of fused-ring (bicyclic) bond motifs is 3. The van der Waals surface area contributed by atoms with E-state index in [1.54, 1.807) is 11.3 Å². The Morgan fingerprint density at radius 3 is 3.00 bits per heavy atom. The van der Waals surface area contributed by atoms with Crippen molar-refractivity contribution in [1.82, 2.24) is 19.6 Å². The van der Waals surface area contributed by atoms with Gasteiger partial charge in [-0.25, -0.2) is 0 Å². The number of aryl methyl sites for hydroxylation is 1. The lowest BCUT2D eigenvalue weighted by molar-refractivity contribution is -0.132. The normalized spacial score (nSPS) is 23.8. The zero-order valence-corrected chi connectivity index (χ0v) is 16.0. The summed E-state index contributed by atoms with van der Waals surface area (Å²) in [6.45, 7) is 7.74. The predicted octanol–water partition coefficient (Wildman–Crippen LogP) is 1.87. The minimum absolute atomic E-state index is 0.237. The second-order valence-corrected chi connectivity index (χ2v) is 8.24. The molecule has 2 bridgehead atoms. The maximum atomic E-state index is 12.8. The number of nitrogens with zero attached hydrogens (tertiary/aromatic N) is 4. The van der Waals surface area contributed by atoms with Crippen LogP contribution in [0.15, 0.2) is 29.8 Å². The second kappa shape index (κ2) is 7.90. The lowest BCUT2D eigenvalue weighted by Gasteiger charge is -2.31. The van der Waals surface area contributed by atoms with Gasteiger partial charge in [0, 0.05) is 49.7 Å². The molecule has 2 aromatic rings. The average Bonchev–Trinajstić information content (AvgIpc) is 3.20. The van der Waals surface area contributed by atoms with Crippen molar-refractivity contribution >= 4 is 17.2 Å². The van der Waals surface area contributed by atoms with E-state index >= 15 is 0 Å². The molecule has 0 aliphatic carbocycles. The third kappa shape index (κ3) is 4.00. The number of hydrogen-bond acceptors (Lipinski definition) is 5. The SMILES string of the molecule is CCn1ccc(CN2C[C@H]3COC[C@@H]2CN(C(=O)Cc2cccs2)C3)n1. The first-order chi connectivity index (χ1) is 12.7. The molecule has 2 aliphatic rings. The zero-order valence-electron chi connectivity index (χ0n) is 15.2. The number of ether oxygens (including phenoxy) is 1. The van der Waals surface area contributed by atoms with E-state index < -0.39 is 0 Å². The number of thiophene rings is 1. The Hall–Kier alpha value is -1.70. The molecule has 0 saturated carbocycles. The van der Waals surface area contributed by atoms with Crippen LogP contribution in [0.1, 0.15) is 17.5 Å². The maximum Gasteiger partial charge on any atom is 0.227 e. The van der Waals surface area contributed by atoms with E-state index in [1.165, 1.54) is 0 Å². The Bertz CT molecular complexity index is 730. The number of aromatic nitrogens is 2. The summed E-state index contributed by atoms with van der Waals surface area (Å²) in [5.74, 6) is 0.601. The van der Waals surface area contributed by atoms with Crippen LogP contribution in [0.25, 0.3) is 0 Å². The van der Waals surface area contributed by atoms with Gasteiger partial charge in [-0.1, -0.05) is 6.07 Å². The van der Waals surface area contributed by atoms with Crippen molar-refractivity contribution < 1.29 is 9.53 Å². The second-order valence-electron chi connectivity index (χ2n) is 7.20. The quantitative estimate of drug-likeness (QED) is 0.802. The smallest absolute Gasteiger partial charge is 0.227 e. The van der Waals surface area contributed by atoms with Crippen molar-refractivity contribution in [2.45, 2.75) is 32.5 Å². The summed E-state index contributed by atoms with van der Waals surface area (Å²) in [5, 5.41) is 6.66. The van der Waals surface area contributed by atoms with Crippen LogP contribution < -0.4 is 0 Å². The molecule has 140 valence electrons. The van der Waals surface area contributed by atoms with Crippen LogP contribution in [0, 0.1) is 5.92 Å². The minimum atomic E-state index is 0.237. The summed E-state index contributed by atoms with van der Waals surface area (Å²) >= 11 is 1.66. The molecule has 1 amide bonds. The van der Waals surface area contributed by atoms with Gasteiger partial charge in [-0.2, -0.15) is 5.10 Å². The van der Waals surface area contributed by atoms with Gasteiger partial charge in [-0.3, -0.25) is 14.4 Å². The molecule has 4 rings (SSSR count). The van der Waals surface area contributed by atoms with E-state index in [-0.39, 0.29) is 11.9 Å². The molecule has 2 aliphatic heterocycles. The van der Waals surface area contributed by atoms with Gasteiger partial charge >= 0.3 is 0 Å². The fourth-order valence-electron chi connectivity index (χ4n) is 3.87. The molecule has 0 aromatic carbocycles. The molecule has 0 radical (unpaired) electrons. The van der Waals surface area contributed by atoms with Gasteiger partial charge in [0.05, 0.1) is 31.4 Å². The van der Waals surface area contributed by atoms with Crippen LogP contribution in [-0.4, -0.2) is 64.4 Å². The number of carbonyl (C=O) groups excluding carboxylic acids is 1. The third-order valence-electron chi connectivity index (χ3n) is 5.23. The van der Waals surface area contributed by atoms with E-state index in [0.29, 0.717) is 18.9 Å². The molecule has 4 heterocycles. The molecule has 2 aromatic heterocycles. The average molecular weight is 375 g/mol. The molecule has 2 atom stereocenters. The lowest BCUT2D eigenvalue weighted by Crippen LogP contribution is -2.46. The monoisotopic (exact) mass is 374 g/mol. The van der Waals surface area contributed by atoms with Crippen molar-refractivity contribution in [2.75, 3.05) is 32.8 Å². The third-order valence-corrected chi connectivity index (χ3v) is 6.10. The fourth-order valence-corrected chi connectivity index (χ4v) is 4.57. The molecular weight excluding hydrogens is 348 g/mol. The highest BCUT2D eigenvalue weighted by molar-refractivity contribution is 7.10. The fraction of sp³-hybridized carbons (Fsp3) is 0.579. The van der Waals surface area contributed by atoms with E-state index in [1.807, 2.05) is 28.4 Å².